The van der Waals surface area contributed by atoms with Gasteiger partial charge < -0.3 is 25.0 Å². The number of aromatic nitrogens is 4. The lowest BCUT2D eigenvalue weighted by molar-refractivity contribution is -0.137. The fraction of sp³-hybridized carbons (Fsp3) is 0.529. The van der Waals surface area contributed by atoms with Gasteiger partial charge >= 0.3 is 6.18 Å². The fourth-order valence-corrected chi connectivity index (χ4v) is 3.22. The highest BCUT2D eigenvalue weighted by Crippen LogP contribution is 2.38. The smallest absolute Gasteiger partial charge is 0.383 e. The summed E-state index contributed by atoms with van der Waals surface area (Å²) in [6, 6.07) is 0.873. The van der Waals surface area contributed by atoms with Crippen LogP contribution in [0.2, 0.25) is 0 Å². The first-order valence-electron chi connectivity index (χ1n) is 9.17. The van der Waals surface area contributed by atoms with Gasteiger partial charge in [0.05, 0.1) is 37.6 Å². The van der Waals surface area contributed by atoms with Crippen LogP contribution in [0.4, 0.5) is 30.9 Å². The molecular weight excluding hydrogens is 391 g/mol. The van der Waals surface area contributed by atoms with Crippen molar-refractivity contribution >= 4 is 17.7 Å². The van der Waals surface area contributed by atoms with Gasteiger partial charge in [-0.25, -0.2) is 4.98 Å². The third kappa shape index (κ3) is 4.17. The Hall–Kier alpha value is -2.73. The van der Waals surface area contributed by atoms with Crippen LogP contribution in [0.3, 0.4) is 0 Å². The lowest BCUT2D eigenvalue weighted by Gasteiger charge is -2.30. The maximum atomic E-state index is 13.6. The lowest BCUT2D eigenvalue weighted by Crippen LogP contribution is -2.40. The Morgan fingerprint density at radius 2 is 1.38 bits per heavy atom. The van der Waals surface area contributed by atoms with Gasteiger partial charge in [0, 0.05) is 32.4 Å². The van der Waals surface area contributed by atoms with Crippen molar-refractivity contribution in [1.29, 1.82) is 0 Å². The number of ether oxygens (including phenoxy) is 2. The maximum Gasteiger partial charge on any atom is 0.417 e. The van der Waals surface area contributed by atoms with Crippen LogP contribution in [0.15, 0.2) is 12.3 Å². The predicted octanol–water partition coefficient (Wildman–Crippen LogP) is 1.21. The maximum absolute atomic E-state index is 13.6. The standard InChI is InChI=1S/C17H20F3N7O2/c18-17(19,20)11-1-2-22-13(21)12(11)14-23-15(26-3-7-28-8-4-26)25-16(24-14)27-5-9-29-10-6-27/h1-2H,3-10H2,(H2,21,22). The van der Waals surface area contributed by atoms with E-state index in [9.17, 15) is 13.2 Å². The highest BCUT2D eigenvalue weighted by atomic mass is 19.4. The Labute approximate surface area is 164 Å². The molecule has 2 saturated heterocycles. The molecule has 0 aromatic carbocycles. The van der Waals surface area contributed by atoms with Crippen molar-refractivity contribution in [2.45, 2.75) is 6.18 Å². The molecule has 0 spiro atoms. The summed E-state index contributed by atoms with van der Waals surface area (Å²) in [5.41, 5.74) is 4.55. The number of nitrogen functional groups attached to an aromatic ring is 1. The third-order valence-corrected chi connectivity index (χ3v) is 4.71. The van der Waals surface area contributed by atoms with E-state index in [0.29, 0.717) is 52.6 Å². The van der Waals surface area contributed by atoms with E-state index in [1.54, 1.807) is 0 Å². The minimum absolute atomic E-state index is 0.152. The highest BCUT2D eigenvalue weighted by Gasteiger charge is 2.36. The Morgan fingerprint density at radius 3 is 1.86 bits per heavy atom. The first-order chi connectivity index (χ1) is 13.9. The van der Waals surface area contributed by atoms with Gasteiger partial charge in [0.15, 0.2) is 5.82 Å². The second-order valence-corrected chi connectivity index (χ2v) is 6.57. The topological polar surface area (TPSA) is 103 Å². The summed E-state index contributed by atoms with van der Waals surface area (Å²) in [6.07, 6.45) is -3.61. The Bertz CT molecular complexity index is 832. The average Bonchev–Trinajstić information content (AvgIpc) is 2.74. The molecule has 2 aliphatic heterocycles. The molecule has 2 aliphatic rings. The van der Waals surface area contributed by atoms with Gasteiger partial charge in [-0.3, -0.25) is 0 Å². The van der Waals surface area contributed by atoms with Crippen LogP contribution in [-0.2, 0) is 15.7 Å². The highest BCUT2D eigenvalue weighted by molar-refractivity contribution is 5.74. The van der Waals surface area contributed by atoms with Gasteiger partial charge in [-0.2, -0.15) is 28.1 Å². The number of morpholine rings is 2. The van der Waals surface area contributed by atoms with Crippen molar-refractivity contribution in [2.24, 2.45) is 0 Å². The Kier molecular flexibility index (Phi) is 5.37. The number of pyridine rings is 1. The molecule has 29 heavy (non-hydrogen) atoms. The van der Waals surface area contributed by atoms with E-state index in [0.717, 1.165) is 12.3 Å². The number of nitrogens with two attached hydrogens (primary N) is 1. The zero-order valence-corrected chi connectivity index (χ0v) is 15.5. The van der Waals surface area contributed by atoms with Crippen molar-refractivity contribution in [3.63, 3.8) is 0 Å². The summed E-state index contributed by atoms with van der Waals surface area (Å²) < 4.78 is 51.5. The van der Waals surface area contributed by atoms with E-state index in [1.807, 2.05) is 9.80 Å². The number of hydrogen-bond donors (Lipinski definition) is 1. The molecular formula is C17H20F3N7O2. The summed E-state index contributed by atoms with van der Waals surface area (Å²) in [6.45, 7) is 4.05. The normalized spacial score (nSPS) is 18.2. The van der Waals surface area contributed by atoms with Crippen molar-refractivity contribution in [1.82, 2.24) is 19.9 Å². The van der Waals surface area contributed by atoms with E-state index in [1.165, 1.54) is 0 Å². The van der Waals surface area contributed by atoms with Gasteiger partial charge in [0.25, 0.3) is 0 Å². The molecule has 9 nitrogen and oxygen atoms in total. The van der Waals surface area contributed by atoms with Crippen LogP contribution in [0.1, 0.15) is 5.56 Å². The van der Waals surface area contributed by atoms with Crippen LogP contribution < -0.4 is 15.5 Å². The molecule has 4 heterocycles. The molecule has 4 rings (SSSR count). The van der Waals surface area contributed by atoms with Crippen molar-refractivity contribution in [3.05, 3.63) is 17.8 Å². The van der Waals surface area contributed by atoms with Gasteiger partial charge in [0.1, 0.15) is 5.82 Å². The van der Waals surface area contributed by atoms with Gasteiger partial charge in [-0.05, 0) is 6.07 Å². The van der Waals surface area contributed by atoms with E-state index in [2.05, 4.69) is 19.9 Å². The zero-order valence-electron chi connectivity index (χ0n) is 15.5. The van der Waals surface area contributed by atoms with E-state index in [-0.39, 0.29) is 29.1 Å². The van der Waals surface area contributed by atoms with Crippen LogP contribution in [0, 0.1) is 0 Å². The molecule has 12 heteroatoms. The lowest BCUT2D eigenvalue weighted by atomic mass is 10.1. The second kappa shape index (κ2) is 7.95. The van der Waals surface area contributed by atoms with E-state index < -0.39 is 11.7 Å². The van der Waals surface area contributed by atoms with Crippen LogP contribution in [0.5, 0.6) is 0 Å². The monoisotopic (exact) mass is 411 g/mol. The van der Waals surface area contributed by atoms with Crippen molar-refractivity contribution in [2.75, 3.05) is 68.1 Å². The molecule has 0 atom stereocenters. The minimum Gasteiger partial charge on any atom is -0.383 e. The quantitative estimate of drug-likeness (QED) is 0.798. The summed E-state index contributed by atoms with van der Waals surface area (Å²) in [7, 11) is 0. The van der Waals surface area contributed by atoms with Gasteiger partial charge in [0.2, 0.25) is 11.9 Å². The first-order valence-corrected chi connectivity index (χ1v) is 9.17. The molecule has 2 aromatic rings. The molecule has 0 radical (unpaired) electrons. The molecule has 156 valence electrons. The number of hydrogen-bond acceptors (Lipinski definition) is 9. The third-order valence-electron chi connectivity index (χ3n) is 4.71. The number of nitrogens with zero attached hydrogens (tertiary/aromatic N) is 6. The zero-order chi connectivity index (χ0) is 20.4. The number of rotatable bonds is 3. The predicted molar refractivity (Wildman–Crippen MR) is 98.5 cm³/mol. The van der Waals surface area contributed by atoms with Crippen molar-refractivity contribution < 1.29 is 22.6 Å². The summed E-state index contributed by atoms with van der Waals surface area (Å²) in [5, 5.41) is 0. The Morgan fingerprint density at radius 1 is 0.862 bits per heavy atom. The summed E-state index contributed by atoms with van der Waals surface area (Å²) in [5.74, 6) is 0.139. The van der Waals surface area contributed by atoms with Crippen molar-refractivity contribution in [3.8, 4) is 11.4 Å². The average molecular weight is 411 g/mol. The molecule has 0 amide bonds. The first kappa shape index (κ1) is 19.6. The fourth-order valence-electron chi connectivity index (χ4n) is 3.22. The van der Waals surface area contributed by atoms with Gasteiger partial charge in [-0.15, -0.1) is 0 Å². The molecule has 0 aliphatic carbocycles. The summed E-state index contributed by atoms with van der Waals surface area (Å²) >= 11 is 0. The number of halogens is 3. The number of anilines is 3. The molecule has 0 unspecified atom stereocenters. The second-order valence-electron chi connectivity index (χ2n) is 6.57. The molecule has 2 fully saturated rings. The summed E-state index contributed by atoms with van der Waals surface area (Å²) in [4.78, 5) is 20.7. The van der Waals surface area contributed by atoms with Gasteiger partial charge in [-0.1, -0.05) is 0 Å². The minimum atomic E-state index is -4.63. The van der Waals surface area contributed by atoms with Crippen LogP contribution >= 0.6 is 0 Å². The van der Waals surface area contributed by atoms with E-state index >= 15 is 0 Å². The van der Waals surface area contributed by atoms with E-state index in [4.69, 9.17) is 15.2 Å². The molecule has 0 saturated carbocycles. The number of alkyl halides is 3. The SMILES string of the molecule is Nc1nccc(C(F)(F)F)c1-c1nc(N2CCOCC2)nc(N2CCOCC2)n1. The molecule has 0 bridgehead atoms. The van der Waals surface area contributed by atoms with Crippen LogP contribution in [0.25, 0.3) is 11.4 Å². The molecule has 2 N–H and O–H groups in total. The largest absolute Gasteiger partial charge is 0.417 e. The Balaban J connectivity index is 1.84. The van der Waals surface area contributed by atoms with Crippen LogP contribution in [-0.4, -0.2) is 72.5 Å². The molecule has 2 aromatic heterocycles.